The lowest BCUT2D eigenvalue weighted by Crippen LogP contribution is -2.53. The molecule has 31 heavy (non-hydrogen) atoms. The number of hydrogen-bond acceptors (Lipinski definition) is 3. The first kappa shape index (κ1) is 25.2. The number of amides is 2. The summed E-state index contributed by atoms with van der Waals surface area (Å²) in [5, 5.41) is 3.52. The molecule has 0 aliphatic heterocycles. The minimum absolute atomic E-state index is 0.137. The second-order valence-electron chi connectivity index (χ2n) is 8.36. The van der Waals surface area contributed by atoms with Gasteiger partial charge in [-0.1, -0.05) is 54.9 Å². The first-order valence-electron chi connectivity index (χ1n) is 10.3. The van der Waals surface area contributed by atoms with Crippen molar-refractivity contribution < 1.29 is 14.0 Å². The lowest BCUT2D eigenvalue weighted by atomic mass is 10.1. The Bertz CT molecular complexity index is 901. The van der Waals surface area contributed by atoms with Gasteiger partial charge in [0.15, 0.2) is 0 Å². The van der Waals surface area contributed by atoms with Gasteiger partial charge in [0.05, 0.1) is 5.75 Å². The smallest absolute Gasteiger partial charge is 0.243 e. The van der Waals surface area contributed by atoms with E-state index in [-0.39, 0.29) is 29.9 Å². The van der Waals surface area contributed by atoms with E-state index in [1.807, 2.05) is 45.9 Å². The van der Waals surface area contributed by atoms with Crippen LogP contribution >= 0.6 is 23.4 Å². The van der Waals surface area contributed by atoms with Crippen molar-refractivity contribution in [2.75, 3.05) is 5.75 Å². The van der Waals surface area contributed by atoms with Crippen LogP contribution in [-0.2, 0) is 21.9 Å². The fraction of sp³-hybridized carbons (Fsp3) is 0.417. The number of carbonyl (C=O) groups excluding carboxylic acids is 2. The monoisotopic (exact) mass is 464 g/mol. The number of nitrogens with zero attached hydrogens (tertiary/aromatic N) is 1. The summed E-state index contributed by atoms with van der Waals surface area (Å²) >= 11 is 7.65. The highest BCUT2D eigenvalue weighted by Gasteiger charge is 2.30. The molecule has 0 bridgehead atoms. The molecule has 0 saturated heterocycles. The van der Waals surface area contributed by atoms with Crippen molar-refractivity contribution in [2.24, 2.45) is 0 Å². The Morgan fingerprint density at radius 1 is 1.10 bits per heavy atom. The quantitative estimate of drug-likeness (QED) is 0.538. The molecule has 0 unspecified atom stereocenters. The van der Waals surface area contributed by atoms with Crippen LogP contribution in [0.2, 0.25) is 5.02 Å². The van der Waals surface area contributed by atoms with Gasteiger partial charge in [-0.3, -0.25) is 9.59 Å². The first-order valence-corrected chi connectivity index (χ1v) is 11.8. The molecule has 2 rings (SSSR count). The van der Waals surface area contributed by atoms with E-state index >= 15 is 0 Å². The van der Waals surface area contributed by atoms with Crippen LogP contribution < -0.4 is 5.32 Å². The lowest BCUT2D eigenvalue weighted by Gasteiger charge is -2.33. The summed E-state index contributed by atoms with van der Waals surface area (Å²) in [6.07, 6.45) is 0.468. The predicted octanol–water partition coefficient (Wildman–Crippen LogP) is 5.43. The van der Waals surface area contributed by atoms with Gasteiger partial charge in [0.1, 0.15) is 11.9 Å². The highest BCUT2D eigenvalue weighted by atomic mass is 35.5. The third-order valence-electron chi connectivity index (χ3n) is 4.62. The van der Waals surface area contributed by atoms with E-state index in [4.69, 9.17) is 11.6 Å². The van der Waals surface area contributed by atoms with Crippen LogP contribution in [0, 0.1) is 5.82 Å². The van der Waals surface area contributed by atoms with Gasteiger partial charge in [0.2, 0.25) is 11.8 Å². The number of carbonyl (C=O) groups is 2. The molecule has 7 heteroatoms. The molecular weight excluding hydrogens is 435 g/mol. The number of thioether (sulfide) groups is 1. The van der Waals surface area contributed by atoms with Crippen molar-refractivity contribution in [1.29, 1.82) is 0 Å². The van der Waals surface area contributed by atoms with Crippen LogP contribution in [0.3, 0.4) is 0 Å². The maximum absolute atomic E-state index is 13.9. The summed E-state index contributed by atoms with van der Waals surface area (Å²) < 4.78 is 13.9. The van der Waals surface area contributed by atoms with E-state index in [9.17, 15) is 14.0 Å². The molecule has 168 valence electrons. The molecule has 0 aromatic heterocycles. The number of halogens is 2. The Morgan fingerprint density at radius 3 is 2.29 bits per heavy atom. The van der Waals surface area contributed by atoms with Crippen molar-refractivity contribution in [1.82, 2.24) is 10.2 Å². The molecule has 1 atom stereocenters. The Kier molecular flexibility index (Phi) is 9.38. The van der Waals surface area contributed by atoms with Crippen LogP contribution in [0.25, 0.3) is 0 Å². The standard InChI is InChI=1S/C24H30ClFN2O2S/c1-5-21(23(30)27-24(2,3)4)28(14-17-10-6-8-12-19(17)25)22(29)16-31-15-18-11-7-9-13-20(18)26/h6-13,21H,5,14-16H2,1-4H3,(H,27,30)/t21-/m1/s1. The van der Waals surface area contributed by atoms with E-state index in [1.165, 1.54) is 17.8 Å². The largest absolute Gasteiger partial charge is 0.350 e. The van der Waals surface area contributed by atoms with E-state index in [2.05, 4.69) is 5.32 Å². The molecule has 0 fully saturated rings. The molecule has 0 aliphatic rings. The summed E-state index contributed by atoms with van der Waals surface area (Å²) in [4.78, 5) is 27.7. The van der Waals surface area contributed by atoms with Gasteiger partial charge in [-0.25, -0.2) is 4.39 Å². The number of hydrogen-bond donors (Lipinski definition) is 1. The summed E-state index contributed by atoms with van der Waals surface area (Å²) in [7, 11) is 0. The zero-order valence-electron chi connectivity index (χ0n) is 18.5. The average molecular weight is 465 g/mol. The fourth-order valence-corrected chi connectivity index (χ4v) is 4.22. The molecule has 1 N–H and O–H groups in total. The fourth-order valence-electron chi connectivity index (χ4n) is 3.13. The van der Waals surface area contributed by atoms with Gasteiger partial charge < -0.3 is 10.2 Å². The lowest BCUT2D eigenvalue weighted by molar-refractivity contribution is -0.140. The zero-order chi connectivity index (χ0) is 23.0. The summed E-state index contributed by atoms with van der Waals surface area (Å²) in [6.45, 7) is 7.83. The van der Waals surface area contributed by atoms with Gasteiger partial charge in [-0.05, 0) is 50.5 Å². The molecular formula is C24H30ClFN2O2S. The van der Waals surface area contributed by atoms with Crippen LogP contribution in [0.1, 0.15) is 45.2 Å². The molecule has 0 heterocycles. The predicted molar refractivity (Wildman–Crippen MR) is 127 cm³/mol. The Balaban J connectivity index is 2.19. The molecule has 0 spiro atoms. The molecule has 0 saturated carbocycles. The van der Waals surface area contributed by atoms with Gasteiger partial charge >= 0.3 is 0 Å². The minimum Gasteiger partial charge on any atom is -0.350 e. The third kappa shape index (κ3) is 7.86. The number of rotatable bonds is 9. The van der Waals surface area contributed by atoms with Gasteiger partial charge in [0.25, 0.3) is 0 Å². The number of benzene rings is 2. The Hall–Kier alpha value is -2.05. The van der Waals surface area contributed by atoms with Crippen molar-refractivity contribution in [3.05, 3.63) is 70.5 Å². The van der Waals surface area contributed by atoms with Gasteiger partial charge in [0, 0.05) is 22.9 Å². The highest BCUT2D eigenvalue weighted by Crippen LogP contribution is 2.22. The first-order chi connectivity index (χ1) is 14.6. The van der Waals surface area contributed by atoms with E-state index in [0.29, 0.717) is 22.8 Å². The van der Waals surface area contributed by atoms with Crippen LogP contribution in [-0.4, -0.2) is 34.0 Å². The van der Waals surface area contributed by atoms with E-state index in [0.717, 1.165) is 5.56 Å². The molecule has 0 aliphatic carbocycles. The zero-order valence-corrected chi connectivity index (χ0v) is 20.0. The maximum Gasteiger partial charge on any atom is 0.243 e. The van der Waals surface area contributed by atoms with Crippen LogP contribution in [0.5, 0.6) is 0 Å². The van der Waals surface area contributed by atoms with Gasteiger partial charge in [-0.15, -0.1) is 11.8 Å². The Labute approximate surface area is 193 Å². The molecule has 2 aromatic rings. The van der Waals surface area contributed by atoms with Crippen LogP contribution in [0.4, 0.5) is 4.39 Å². The second-order valence-corrected chi connectivity index (χ2v) is 9.75. The van der Waals surface area contributed by atoms with Crippen molar-refractivity contribution in [3.63, 3.8) is 0 Å². The highest BCUT2D eigenvalue weighted by molar-refractivity contribution is 7.99. The minimum atomic E-state index is -0.628. The molecule has 0 radical (unpaired) electrons. The summed E-state index contributed by atoms with van der Waals surface area (Å²) in [5.74, 6) is -0.153. The second kappa shape index (κ2) is 11.5. The van der Waals surface area contributed by atoms with Crippen molar-refractivity contribution in [2.45, 2.75) is 58.0 Å². The summed E-state index contributed by atoms with van der Waals surface area (Å²) in [5.41, 5.74) is 0.914. The topological polar surface area (TPSA) is 49.4 Å². The van der Waals surface area contributed by atoms with Crippen molar-refractivity contribution in [3.8, 4) is 0 Å². The van der Waals surface area contributed by atoms with Crippen LogP contribution in [0.15, 0.2) is 48.5 Å². The molecule has 2 amide bonds. The van der Waals surface area contributed by atoms with E-state index in [1.54, 1.807) is 29.2 Å². The summed E-state index contributed by atoms with van der Waals surface area (Å²) in [6, 6.07) is 13.2. The third-order valence-corrected chi connectivity index (χ3v) is 5.96. The normalized spacial score (nSPS) is 12.3. The maximum atomic E-state index is 13.9. The molecule has 2 aromatic carbocycles. The molecule has 4 nitrogen and oxygen atoms in total. The Morgan fingerprint density at radius 2 is 1.71 bits per heavy atom. The SMILES string of the molecule is CC[C@H](C(=O)NC(C)(C)C)N(Cc1ccccc1Cl)C(=O)CSCc1ccccc1F. The van der Waals surface area contributed by atoms with Gasteiger partial charge in [-0.2, -0.15) is 0 Å². The number of nitrogens with one attached hydrogen (secondary N) is 1. The van der Waals surface area contributed by atoms with Crippen molar-refractivity contribution >= 4 is 35.2 Å². The average Bonchev–Trinajstić information content (AvgIpc) is 2.69. The van der Waals surface area contributed by atoms with E-state index < -0.39 is 11.6 Å².